The van der Waals surface area contributed by atoms with Crippen LogP contribution in [-0.2, 0) is 0 Å². The van der Waals surface area contributed by atoms with Crippen molar-refractivity contribution in [2.45, 2.75) is 31.3 Å². The highest BCUT2D eigenvalue weighted by molar-refractivity contribution is 5.34. The minimum absolute atomic E-state index is 0.177. The summed E-state index contributed by atoms with van der Waals surface area (Å²) >= 11 is 0. The Bertz CT molecular complexity index is 454. The van der Waals surface area contributed by atoms with Gasteiger partial charge in [0.25, 0.3) is 5.69 Å². The largest absolute Gasteiger partial charge is 0.315 e. The van der Waals surface area contributed by atoms with Crippen LogP contribution in [0.4, 0.5) is 5.69 Å². The Morgan fingerprint density at radius 3 is 2.68 bits per heavy atom. The van der Waals surface area contributed by atoms with Crippen LogP contribution in [0, 0.1) is 10.1 Å². The maximum atomic E-state index is 10.7. The summed E-state index contributed by atoms with van der Waals surface area (Å²) in [5, 5.41) is 14.1. The van der Waals surface area contributed by atoms with Gasteiger partial charge in [-0.3, -0.25) is 15.0 Å². The highest BCUT2D eigenvalue weighted by Crippen LogP contribution is 2.35. The van der Waals surface area contributed by atoms with Crippen LogP contribution in [0.3, 0.4) is 0 Å². The Morgan fingerprint density at radius 2 is 2.05 bits per heavy atom. The maximum Gasteiger partial charge on any atom is 0.269 e. The molecule has 0 spiro atoms. The normalized spacial score (nSPS) is 27.8. The van der Waals surface area contributed by atoms with Crippen molar-refractivity contribution in [3.8, 4) is 0 Å². The Kier molecular flexibility index (Phi) is 3.48. The van der Waals surface area contributed by atoms with Crippen LogP contribution in [0.15, 0.2) is 24.3 Å². The number of likely N-dealkylation sites (tertiary alicyclic amines) is 1. The summed E-state index contributed by atoms with van der Waals surface area (Å²) in [6.45, 7) is 3.33. The molecule has 2 aliphatic heterocycles. The van der Waals surface area contributed by atoms with E-state index < -0.39 is 0 Å². The Balaban J connectivity index is 1.78. The smallest absolute Gasteiger partial charge is 0.269 e. The summed E-state index contributed by atoms with van der Waals surface area (Å²) in [5.74, 6) is 0. The van der Waals surface area contributed by atoms with Gasteiger partial charge >= 0.3 is 0 Å². The van der Waals surface area contributed by atoms with E-state index >= 15 is 0 Å². The molecule has 19 heavy (non-hydrogen) atoms. The number of nitro benzene ring substituents is 1. The second kappa shape index (κ2) is 5.27. The van der Waals surface area contributed by atoms with Gasteiger partial charge < -0.3 is 5.32 Å². The number of nitrogens with one attached hydrogen (secondary N) is 1. The molecule has 2 unspecified atom stereocenters. The molecule has 5 heteroatoms. The monoisotopic (exact) mass is 261 g/mol. The minimum Gasteiger partial charge on any atom is -0.315 e. The average Bonchev–Trinajstić information content (AvgIpc) is 3.09. The molecular formula is C14H19N3O2. The predicted octanol–water partition coefficient (Wildman–Crippen LogP) is 2.09. The van der Waals surface area contributed by atoms with E-state index in [1.807, 2.05) is 12.1 Å². The minimum atomic E-state index is -0.336. The quantitative estimate of drug-likeness (QED) is 0.668. The molecule has 5 nitrogen and oxygen atoms in total. The van der Waals surface area contributed by atoms with E-state index in [1.54, 1.807) is 12.1 Å². The van der Waals surface area contributed by atoms with E-state index in [4.69, 9.17) is 0 Å². The molecule has 0 bridgehead atoms. The molecule has 102 valence electrons. The number of benzene rings is 1. The van der Waals surface area contributed by atoms with Gasteiger partial charge in [-0.15, -0.1) is 0 Å². The van der Waals surface area contributed by atoms with Crippen molar-refractivity contribution < 1.29 is 4.92 Å². The number of rotatable bonds is 3. The van der Waals surface area contributed by atoms with E-state index in [-0.39, 0.29) is 10.6 Å². The van der Waals surface area contributed by atoms with Crippen LogP contribution >= 0.6 is 0 Å². The van der Waals surface area contributed by atoms with Gasteiger partial charge in [-0.1, -0.05) is 12.1 Å². The zero-order valence-electron chi connectivity index (χ0n) is 10.9. The van der Waals surface area contributed by atoms with Crippen molar-refractivity contribution in [1.82, 2.24) is 10.2 Å². The summed E-state index contributed by atoms with van der Waals surface area (Å²) in [6, 6.07) is 8.15. The molecule has 0 aliphatic carbocycles. The Labute approximate surface area is 112 Å². The van der Waals surface area contributed by atoms with Gasteiger partial charge in [-0.2, -0.15) is 0 Å². The van der Waals surface area contributed by atoms with Gasteiger partial charge in [0, 0.05) is 30.8 Å². The van der Waals surface area contributed by atoms with Gasteiger partial charge in [0.15, 0.2) is 0 Å². The molecule has 0 radical (unpaired) electrons. The summed E-state index contributed by atoms with van der Waals surface area (Å²) in [5.41, 5.74) is 1.39. The Morgan fingerprint density at radius 1 is 1.26 bits per heavy atom. The molecule has 0 aromatic heterocycles. The van der Waals surface area contributed by atoms with Crippen LogP contribution in [0.1, 0.15) is 30.9 Å². The van der Waals surface area contributed by atoms with Crippen molar-refractivity contribution in [3.05, 3.63) is 39.9 Å². The topological polar surface area (TPSA) is 58.4 Å². The fourth-order valence-electron chi connectivity index (χ4n) is 3.32. The van der Waals surface area contributed by atoms with Crippen molar-refractivity contribution in [2.24, 2.45) is 0 Å². The maximum absolute atomic E-state index is 10.7. The lowest BCUT2D eigenvalue weighted by molar-refractivity contribution is -0.384. The molecule has 1 aromatic carbocycles. The number of hydrogen-bond acceptors (Lipinski definition) is 4. The second-order valence-electron chi connectivity index (χ2n) is 5.39. The number of hydrogen-bond donors (Lipinski definition) is 1. The number of non-ortho nitro benzene ring substituents is 1. The number of nitrogens with zero attached hydrogens (tertiary/aromatic N) is 2. The van der Waals surface area contributed by atoms with Gasteiger partial charge in [0.1, 0.15) is 0 Å². The first-order valence-electron chi connectivity index (χ1n) is 6.96. The zero-order valence-corrected chi connectivity index (χ0v) is 10.9. The molecule has 0 saturated carbocycles. The first kappa shape index (κ1) is 12.6. The molecule has 0 amide bonds. The van der Waals surface area contributed by atoms with Crippen LogP contribution in [0.5, 0.6) is 0 Å². The lowest BCUT2D eigenvalue weighted by atomic mass is 10.0. The Hall–Kier alpha value is -1.46. The zero-order chi connectivity index (χ0) is 13.2. The van der Waals surface area contributed by atoms with E-state index in [0.717, 1.165) is 26.1 Å². The van der Waals surface area contributed by atoms with E-state index in [9.17, 15) is 10.1 Å². The molecule has 2 aliphatic rings. The lowest BCUT2D eigenvalue weighted by Gasteiger charge is -2.30. The van der Waals surface area contributed by atoms with Crippen LogP contribution in [0.25, 0.3) is 0 Å². The SMILES string of the molecule is O=[N+]([O-])c1ccc(C2CCCN2C2CCNC2)cc1. The molecular weight excluding hydrogens is 242 g/mol. The third-order valence-electron chi connectivity index (χ3n) is 4.29. The standard InChI is InChI=1S/C14H19N3O2/c18-17(19)12-5-3-11(4-6-12)14-2-1-9-16(14)13-7-8-15-10-13/h3-6,13-15H,1-2,7-10H2. The molecule has 1 aromatic rings. The molecule has 2 fully saturated rings. The van der Waals surface area contributed by atoms with Crippen LogP contribution < -0.4 is 5.32 Å². The average molecular weight is 261 g/mol. The summed E-state index contributed by atoms with van der Waals surface area (Å²) in [4.78, 5) is 12.9. The highest BCUT2D eigenvalue weighted by Gasteiger charge is 2.33. The van der Waals surface area contributed by atoms with Crippen molar-refractivity contribution in [1.29, 1.82) is 0 Å². The molecule has 2 atom stereocenters. The fourth-order valence-corrected chi connectivity index (χ4v) is 3.32. The first-order chi connectivity index (χ1) is 9.25. The van der Waals surface area contributed by atoms with E-state index in [2.05, 4.69) is 10.2 Å². The molecule has 1 N–H and O–H groups in total. The van der Waals surface area contributed by atoms with Crippen LogP contribution in [-0.4, -0.2) is 35.5 Å². The van der Waals surface area contributed by atoms with Crippen molar-refractivity contribution in [2.75, 3.05) is 19.6 Å². The van der Waals surface area contributed by atoms with E-state index in [0.29, 0.717) is 12.1 Å². The first-order valence-corrected chi connectivity index (χ1v) is 6.96. The van der Waals surface area contributed by atoms with Gasteiger partial charge in [-0.05, 0) is 37.9 Å². The summed E-state index contributed by atoms with van der Waals surface area (Å²) in [6.07, 6.45) is 3.59. The molecule has 2 saturated heterocycles. The van der Waals surface area contributed by atoms with Gasteiger partial charge in [0.2, 0.25) is 0 Å². The molecule has 3 rings (SSSR count). The van der Waals surface area contributed by atoms with Gasteiger partial charge in [-0.25, -0.2) is 0 Å². The van der Waals surface area contributed by atoms with Crippen LogP contribution in [0.2, 0.25) is 0 Å². The number of nitro groups is 1. The predicted molar refractivity (Wildman–Crippen MR) is 73.1 cm³/mol. The lowest BCUT2D eigenvalue weighted by Crippen LogP contribution is -2.36. The third kappa shape index (κ3) is 2.48. The van der Waals surface area contributed by atoms with Crippen molar-refractivity contribution in [3.63, 3.8) is 0 Å². The highest BCUT2D eigenvalue weighted by atomic mass is 16.6. The van der Waals surface area contributed by atoms with Crippen molar-refractivity contribution >= 4 is 5.69 Å². The summed E-state index contributed by atoms with van der Waals surface area (Å²) in [7, 11) is 0. The fraction of sp³-hybridized carbons (Fsp3) is 0.571. The third-order valence-corrected chi connectivity index (χ3v) is 4.29. The molecule has 2 heterocycles. The van der Waals surface area contributed by atoms with E-state index in [1.165, 1.54) is 18.4 Å². The second-order valence-corrected chi connectivity index (χ2v) is 5.39. The summed E-state index contributed by atoms with van der Waals surface area (Å²) < 4.78 is 0. The van der Waals surface area contributed by atoms with Gasteiger partial charge in [0.05, 0.1) is 4.92 Å².